The van der Waals surface area contributed by atoms with Crippen molar-refractivity contribution in [2.45, 2.75) is 19.9 Å². The van der Waals surface area contributed by atoms with Crippen LogP contribution in [-0.4, -0.2) is 18.5 Å². The summed E-state index contributed by atoms with van der Waals surface area (Å²) in [5.74, 6) is -0.157. The van der Waals surface area contributed by atoms with Crippen LogP contribution in [0.25, 0.3) is 0 Å². The van der Waals surface area contributed by atoms with E-state index in [9.17, 15) is 4.79 Å². The molecule has 62 valence electrons. The highest BCUT2D eigenvalue weighted by Gasteiger charge is 2.15. The van der Waals surface area contributed by atoms with Crippen molar-refractivity contribution in [1.82, 2.24) is 5.32 Å². The Morgan fingerprint density at radius 2 is 2.27 bits per heavy atom. The van der Waals surface area contributed by atoms with Gasteiger partial charge in [0, 0.05) is 0 Å². The molecule has 0 aliphatic carbocycles. The van der Waals surface area contributed by atoms with Gasteiger partial charge in [-0.05, 0) is 5.92 Å². The maximum absolute atomic E-state index is 11.0. The fourth-order valence-electron chi connectivity index (χ4n) is 0.547. The summed E-state index contributed by atoms with van der Waals surface area (Å²) in [6.07, 6.45) is 0. The van der Waals surface area contributed by atoms with Crippen molar-refractivity contribution in [2.75, 3.05) is 6.54 Å². The molecule has 0 unspecified atom stereocenters. The van der Waals surface area contributed by atoms with E-state index in [-0.39, 0.29) is 18.4 Å². The second kappa shape index (κ2) is 4.69. The quantitative estimate of drug-likeness (QED) is 0.545. The Kier molecular flexibility index (Phi) is 4.23. The first-order valence-corrected chi connectivity index (χ1v) is 3.49. The van der Waals surface area contributed by atoms with Gasteiger partial charge in [0.1, 0.15) is 6.54 Å². The molecule has 0 aromatic carbocycles. The van der Waals surface area contributed by atoms with Gasteiger partial charge in [0.05, 0.1) is 12.1 Å². The molecule has 0 aromatic rings. The van der Waals surface area contributed by atoms with E-state index < -0.39 is 6.04 Å². The Labute approximate surface area is 66.4 Å². The van der Waals surface area contributed by atoms with Crippen LogP contribution in [0.1, 0.15) is 13.8 Å². The van der Waals surface area contributed by atoms with Crippen LogP contribution >= 0.6 is 0 Å². The Bertz CT molecular complexity index is 171. The van der Waals surface area contributed by atoms with E-state index >= 15 is 0 Å². The molecule has 0 saturated carbocycles. The number of hydrogen-bond donors (Lipinski definition) is 2. The molecule has 0 aliphatic rings. The second-order valence-corrected chi connectivity index (χ2v) is 2.65. The summed E-state index contributed by atoms with van der Waals surface area (Å²) in [6, 6.07) is 1.29. The van der Waals surface area contributed by atoms with Gasteiger partial charge in [-0.1, -0.05) is 13.8 Å². The molecule has 1 amide bonds. The van der Waals surface area contributed by atoms with Gasteiger partial charge < -0.3 is 11.1 Å². The number of rotatable bonds is 3. The maximum Gasteiger partial charge on any atom is 0.238 e. The molecule has 0 spiro atoms. The standard InChI is InChI=1S/C7H13N3O/c1-5(2)6(9)7(11)10-4-3-8/h5-6H,4,9H2,1-2H3,(H,10,11)/t6-/m1/s1. The third-order valence-corrected chi connectivity index (χ3v) is 1.36. The lowest BCUT2D eigenvalue weighted by Gasteiger charge is -2.13. The van der Waals surface area contributed by atoms with E-state index in [1.807, 2.05) is 13.8 Å². The minimum Gasteiger partial charge on any atom is -0.342 e. The average Bonchev–Trinajstić information content (AvgIpc) is 1.98. The monoisotopic (exact) mass is 155 g/mol. The van der Waals surface area contributed by atoms with Crippen LogP contribution in [0, 0.1) is 17.2 Å². The molecule has 4 heteroatoms. The van der Waals surface area contributed by atoms with Crippen molar-refractivity contribution in [3.05, 3.63) is 0 Å². The molecular weight excluding hydrogens is 142 g/mol. The number of carbonyl (C=O) groups is 1. The minimum atomic E-state index is -0.511. The number of carbonyl (C=O) groups excluding carboxylic acids is 1. The minimum absolute atomic E-state index is 0.0270. The van der Waals surface area contributed by atoms with Crippen molar-refractivity contribution in [3.63, 3.8) is 0 Å². The zero-order chi connectivity index (χ0) is 8.85. The fraction of sp³-hybridized carbons (Fsp3) is 0.714. The number of nitriles is 1. The van der Waals surface area contributed by atoms with Crippen LogP contribution in [0.3, 0.4) is 0 Å². The van der Waals surface area contributed by atoms with E-state index in [2.05, 4.69) is 5.32 Å². The zero-order valence-corrected chi connectivity index (χ0v) is 6.79. The van der Waals surface area contributed by atoms with E-state index in [0.29, 0.717) is 0 Å². The molecule has 0 bridgehead atoms. The molecule has 0 aromatic heterocycles. The molecule has 0 fully saturated rings. The predicted molar refractivity (Wildman–Crippen MR) is 41.4 cm³/mol. The van der Waals surface area contributed by atoms with Crippen molar-refractivity contribution < 1.29 is 4.79 Å². The molecular formula is C7H13N3O. The number of nitrogens with zero attached hydrogens (tertiary/aromatic N) is 1. The smallest absolute Gasteiger partial charge is 0.238 e. The van der Waals surface area contributed by atoms with Gasteiger partial charge in [-0.3, -0.25) is 4.79 Å². The first-order valence-electron chi connectivity index (χ1n) is 3.49. The maximum atomic E-state index is 11.0. The second-order valence-electron chi connectivity index (χ2n) is 2.65. The summed E-state index contributed by atoms with van der Waals surface area (Å²) in [5.41, 5.74) is 5.48. The van der Waals surface area contributed by atoms with Gasteiger partial charge >= 0.3 is 0 Å². The Morgan fingerprint density at radius 1 is 1.73 bits per heavy atom. The summed E-state index contributed by atoms with van der Waals surface area (Å²) in [4.78, 5) is 11.0. The highest BCUT2D eigenvalue weighted by Crippen LogP contribution is 1.96. The molecule has 11 heavy (non-hydrogen) atoms. The van der Waals surface area contributed by atoms with E-state index in [1.165, 1.54) is 0 Å². The average molecular weight is 155 g/mol. The van der Waals surface area contributed by atoms with Crippen molar-refractivity contribution in [2.24, 2.45) is 11.7 Å². The van der Waals surface area contributed by atoms with Crippen LogP contribution in [0.5, 0.6) is 0 Å². The molecule has 0 radical (unpaired) electrons. The number of amides is 1. The highest BCUT2D eigenvalue weighted by molar-refractivity contribution is 5.81. The van der Waals surface area contributed by atoms with Crippen LogP contribution in [-0.2, 0) is 4.79 Å². The fourth-order valence-corrected chi connectivity index (χ4v) is 0.547. The summed E-state index contributed by atoms with van der Waals surface area (Å²) >= 11 is 0. The van der Waals surface area contributed by atoms with Gasteiger partial charge in [-0.25, -0.2) is 0 Å². The molecule has 4 nitrogen and oxygen atoms in total. The highest BCUT2D eigenvalue weighted by atomic mass is 16.2. The molecule has 3 N–H and O–H groups in total. The Hall–Kier alpha value is -1.08. The SMILES string of the molecule is CC(C)[C@@H](N)C(=O)NCC#N. The molecule has 1 atom stereocenters. The van der Waals surface area contributed by atoms with E-state index in [0.717, 1.165) is 0 Å². The van der Waals surface area contributed by atoms with E-state index in [4.69, 9.17) is 11.0 Å². The molecule has 0 rings (SSSR count). The van der Waals surface area contributed by atoms with Crippen molar-refractivity contribution in [3.8, 4) is 6.07 Å². The lowest BCUT2D eigenvalue weighted by atomic mass is 10.1. The molecule has 0 saturated heterocycles. The summed E-state index contributed by atoms with van der Waals surface area (Å²) in [7, 11) is 0. The van der Waals surface area contributed by atoms with Gasteiger partial charge in [-0.2, -0.15) is 5.26 Å². The van der Waals surface area contributed by atoms with Crippen molar-refractivity contribution in [1.29, 1.82) is 5.26 Å². The van der Waals surface area contributed by atoms with Crippen LogP contribution in [0.4, 0.5) is 0 Å². The Balaban J connectivity index is 3.76. The molecule has 0 aliphatic heterocycles. The van der Waals surface area contributed by atoms with Gasteiger partial charge in [0.2, 0.25) is 5.91 Å². The van der Waals surface area contributed by atoms with E-state index in [1.54, 1.807) is 6.07 Å². The summed E-state index contributed by atoms with van der Waals surface area (Å²) in [6.45, 7) is 3.74. The van der Waals surface area contributed by atoms with Crippen molar-refractivity contribution >= 4 is 5.91 Å². The van der Waals surface area contributed by atoms with Gasteiger partial charge in [0.25, 0.3) is 0 Å². The largest absolute Gasteiger partial charge is 0.342 e. The lowest BCUT2D eigenvalue weighted by Crippen LogP contribution is -2.43. The van der Waals surface area contributed by atoms with Gasteiger partial charge in [0.15, 0.2) is 0 Å². The predicted octanol–water partition coefficient (Wildman–Crippen LogP) is -0.391. The lowest BCUT2D eigenvalue weighted by molar-refractivity contribution is -0.122. The molecule has 0 heterocycles. The summed E-state index contributed by atoms with van der Waals surface area (Å²) in [5, 5.41) is 10.5. The number of hydrogen-bond acceptors (Lipinski definition) is 3. The third-order valence-electron chi connectivity index (χ3n) is 1.36. The number of nitrogens with two attached hydrogens (primary N) is 1. The topological polar surface area (TPSA) is 78.9 Å². The summed E-state index contributed by atoms with van der Waals surface area (Å²) < 4.78 is 0. The number of nitrogens with one attached hydrogen (secondary N) is 1. The Morgan fingerprint density at radius 3 is 2.64 bits per heavy atom. The zero-order valence-electron chi connectivity index (χ0n) is 6.79. The normalized spacial score (nSPS) is 12.3. The third kappa shape index (κ3) is 3.58. The first-order chi connectivity index (χ1) is 5.09. The first kappa shape index (κ1) is 9.92. The van der Waals surface area contributed by atoms with Crippen LogP contribution in [0.15, 0.2) is 0 Å². The van der Waals surface area contributed by atoms with Gasteiger partial charge in [-0.15, -0.1) is 0 Å². The van der Waals surface area contributed by atoms with Crippen LogP contribution < -0.4 is 11.1 Å². The van der Waals surface area contributed by atoms with Crippen LogP contribution in [0.2, 0.25) is 0 Å².